The van der Waals surface area contributed by atoms with Crippen molar-refractivity contribution >= 4 is 85.3 Å². The molecule has 0 bridgehead atoms. The molecule has 48 heavy (non-hydrogen) atoms. The summed E-state index contributed by atoms with van der Waals surface area (Å²) in [5.41, 5.74) is -0.1000. The topological polar surface area (TPSA) is 27.7 Å². The summed E-state index contributed by atoms with van der Waals surface area (Å²) in [6.45, 7) is 7.45. The summed E-state index contributed by atoms with van der Waals surface area (Å²) in [5, 5.41) is 18.0. The fraction of sp³-hybridized carbons (Fsp3) is 0.273. The monoisotopic (exact) mass is 648 g/mol. The first-order valence-electron chi connectivity index (χ1n) is 17.4. The predicted molar refractivity (Wildman–Crippen MR) is 207 cm³/mol. The van der Waals surface area contributed by atoms with Crippen LogP contribution in [0.5, 0.6) is 0 Å². The predicted octanol–water partition coefficient (Wildman–Crippen LogP) is 10.1. The summed E-state index contributed by atoms with van der Waals surface area (Å²) in [6.07, 6.45) is 7.88. The molecule has 0 fully saturated rings. The minimum atomic E-state index is -2.19. The van der Waals surface area contributed by atoms with E-state index in [0.717, 1.165) is 31.9 Å². The van der Waals surface area contributed by atoms with Gasteiger partial charge in [0.25, 0.3) is 0 Å². The third kappa shape index (κ3) is 5.61. The maximum atomic E-state index is 6.55. The van der Waals surface area contributed by atoms with Crippen LogP contribution in [0.25, 0.3) is 76.8 Å². The van der Waals surface area contributed by atoms with E-state index in [4.69, 9.17) is 13.6 Å². The Balaban J connectivity index is 1.20. The van der Waals surface area contributed by atoms with Crippen molar-refractivity contribution in [3.63, 3.8) is 0 Å². The molecule has 2 atom stereocenters. The lowest BCUT2D eigenvalue weighted by Gasteiger charge is -2.37. The highest BCUT2D eigenvalue weighted by atomic mass is 28.4. The van der Waals surface area contributed by atoms with Crippen molar-refractivity contribution in [3.8, 4) is 0 Å². The summed E-state index contributed by atoms with van der Waals surface area (Å²) in [6, 6.07) is 37.8. The number of fused-ring (bicyclic) bond motifs is 7. The van der Waals surface area contributed by atoms with Gasteiger partial charge >= 0.3 is 8.56 Å². The number of hydrogen-bond donors (Lipinski definition) is 0. The van der Waals surface area contributed by atoms with Gasteiger partial charge < -0.3 is 13.6 Å². The molecule has 0 amide bonds. The van der Waals surface area contributed by atoms with E-state index >= 15 is 0 Å². The molecule has 1 aliphatic rings. The Hall–Kier alpha value is -4.06. The van der Waals surface area contributed by atoms with E-state index in [0.29, 0.717) is 0 Å². The van der Waals surface area contributed by atoms with Crippen LogP contribution in [0.3, 0.4) is 0 Å². The summed E-state index contributed by atoms with van der Waals surface area (Å²) < 4.78 is 18.2. The molecule has 0 N–H and O–H groups in total. The van der Waals surface area contributed by atoms with Crippen molar-refractivity contribution in [1.82, 2.24) is 0 Å². The van der Waals surface area contributed by atoms with E-state index in [1.807, 2.05) is 0 Å². The number of ether oxygens (including phenoxy) is 1. The van der Waals surface area contributed by atoms with Crippen molar-refractivity contribution in [1.29, 1.82) is 0 Å². The number of benzene rings is 7. The lowest BCUT2D eigenvalue weighted by Crippen LogP contribution is -2.43. The average Bonchev–Trinajstić information content (AvgIpc) is 3.09. The third-order valence-electron chi connectivity index (χ3n) is 11.0. The molecule has 2 unspecified atom stereocenters. The van der Waals surface area contributed by atoms with Gasteiger partial charge in [-0.25, -0.2) is 0 Å². The third-order valence-corrected chi connectivity index (χ3v) is 13.9. The van der Waals surface area contributed by atoms with Crippen molar-refractivity contribution in [2.75, 3.05) is 20.8 Å². The maximum absolute atomic E-state index is 6.55. The van der Waals surface area contributed by atoms with E-state index in [1.54, 1.807) is 14.2 Å². The van der Waals surface area contributed by atoms with E-state index in [-0.39, 0.29) is 11.5 Å². The van der Waals surface area contributed by atoms with Gasteiger partial charge in [0.05, 0.1) is 6.10 Å². The molecule has 0 aliphatic heterocycles. The van der Waals surface area contributed by atoms with Crippen LogP contribution in [0.1, 0.15) is 33.1 Å². The first kappa shape index (κ1) is 31.2. The molecular formula is C44H44O3Si. The molecule has 3 nitrogen and oxygen atoms in total. The zero-order valence-corrected chi connectivity index (χ0v) is 29.7. The number of hydrogen-bond acceptors (Lipinski definition) is 3. The van der Waals surface area contributed by atoms with Crippen molar-refractivity contribution in [2.24, 2.45) is 5.41 Å². The van der Waals surface area contributed by atoms with Crippen LogP contribution in [0.2, 0.25) is 12.6 Å². The standard InChI is InChI=1S/C44H44O3Si/c1-6-14-47-43(12-15-48(5,45-3)46-4)44(2)13-11-31-18-34-21-37-24-38-22-35-19-32-16-29-9-7-8-10-30(29)17-33(32)20-36(35)23-39(38)25-40(37)26-41(34)27-42(31)28-44/h7-11,16-28,43H,6,12-15H2,1-5H3. The van der Waals surface area contributed by atoms with Gasteiger partial charge in [0, 0.05) is 26.2 Å². The lowest BCUT2D eigenvalue weighted by atomic mass is 9.76. The molecule has 7 aromatic carbocycles. The second-order valence-electron chi connectivity index (χ2n) is 14.3. The zero-order valence-electron chi connectivity index (χ0n) is 28.7. The molecule has 7 aromatic rings. The normalized spacial score (nSPS) is 17.3. The molecule has 8 rings (SSSR count). The Morgan fingerprint density at radius 1 is 0.625 bits per heavy atom. The van der Waals surface area contributed by atoms with Gasteiger partial charge in [0.1, 0.15) is 0 Å². The molecule has 0 saturated heterocycles. The Bertz CT molecular complexity index is 2500. The molecule has 4 heteroatoms. The smallest absolute Gasteiger partial charge is 0.334 e. The van der Waals surface area contributed by atoms with Crippen molar-refractivity contribution in [3.05, 3.63) is 107 Å². The molecule has 0 radical (unpaired) electrons. The summed E-state index contributed by atoms with van der Waals surface area (Å²) in [5.74, 6) is 0. The first-order chi connectivity index (χ1) is 23.3. The maximum Gasteiger partial charge on any atom is 0.334 e. The Kier molecular flexibility index (Phi) is 7.88. The van der Waals surface area contributed by atoms with Crippen LogP contribution in [0.4, 0.5) is 0 Å². The Morgan fingerprint density at radius 2 is 1.04 bits per heavy atom. The van der Waals surface area contributed by atoms with Crippen LogP contribution >= 0.6 is 0 Å². The van der Waals surface area contributed by atoms with Crippen molar-refractivity contribution in [2.45, 2.75) is 51.8 Å². The summed E-state index contributed by atoms with van der Waals surface area (Å²) in [4.78, 5) is 0. The fourth-order valence-corrected chi connectivity index (χ4v) is 9.21. The molecular weight excluding hydrogens is 605 g/mol. The van der Waals surface area contributed by atoms with Gasteiger partial charge in [0.2, 0.25) is 0 Å². The second kappa shape index (κ2) is 12.1. The van der Waals surface area contributed by atoms with Gasteiger partial charge in [-0.05, 0) is 180 Å². The highest BCUT2D eigenvalue weighted by Crippen LogP contribution is 2.37. The highest BCUT2D eigenvalue weighted by molar-refractivity contribution is 6.65. The van der Waals surface area contributed by atoms with Crippen LogP contribution in [-0.4, -0.2) is 35.5 Å². The van der Waals surface area contributed by atoms with Crippen LogP contribution in [0.15, 0.2) is 97.1 Å². The molecule has 242 valence electrons. The second-order valence-corrected chi connectivity index (χ2v) is 17.9. The van der Waals surface area contributed by atoms with E-state index < -0.39 is 8.56 Å². The fourth-order valence-electron chi connectivity index (χ4n) is 7.85. The summed E-state index contributed by atoms with van der Waals surface area (Å²) >= 11 is 0. The van der Waals surface area contributed by atoms with Crippen LogP contribution < -0.4 is 10.4 Å². The Morgan fingerprint density at radius 3 is 1.48 bits per heavy atom. The average molecular weight is 649 g/mol. The van der Waals surface area contributed by atoms with E-state index in [2.05, 4.69) is 130 Å². The van der Waals surface area contributed by atoms with Crippen LogP contribution in [-0.2, 0) is 13.6 Å². The zero-order chi connectivity index (χ0) is 33.0. The minimum absolute atomic E-state index is 0.1000. The van der Waals surface area contributed by atoms with Gasteiger partial charge in [-0.2, -0.15) is 0 Å². The number of rotatable bonds is 9. The van der Waals surface area contributed by atoms with Gasteiger partial charge in [0.15, 0.2) is 0 Å². The van der Waals surface area contributed by atoms with E-state index in [9.17, 15) is 0 Å². The quantitative estimate of drug-likeness (QED) is 0.115. The van der Waals surface area contributed by atoms with E-state index in [1.165, 1.54) is 75.1 Å². The SMILES string of the molecule is CCCOC(CC[Si](C)(OC)OC)C1(C)C=c2cc3cc4cc5cc6cc7cc8ccccc8cc7cc6cc5cc4cc3cc2=CC1. The van der Waals surface area contributed by atoms with Gasteiger partial charge in [-0.3, -0.25) is 0 Å². The molecule has 0 spiro atoms. The molecule has 0 heterocycles. The first-order valence-corrected chi connectivity index (χ1v) is 19.9. The van der Waals surface area contributed by atoms with Crippen LogP contribution in [0, 0.1) is 5.41 Å². The van der Waals surface area contributed by atoms with Crippen molar-refractivity contribution < 1.29 is 13.6 Å². The Labute approximate surface area is 283 Å². The largest absolute Gasteiger partial charge is 0.398 e. The van der Waals surface area contributed by atoms with Gasteiger partial charge in [-0.15, -0.1) is 0 Å². The van der Waals surface area contributed by atoms with Gasteiger partial charge in [-0.1, -0.05) is 50.3 Å². The lowest BCUT2D eigenvalue weighted by molar-refractivity contribution is -0.00770. The summed E-state index contributed by atoms with van der Waals surface area (Å²) in [7, 11) is 1.36. The minimum Gasteiger partial charge on any atom is -0.398 e. The highest BCUT2D eigenvalue weighted by Gasteiger charge is 2.37. The molecule has 0 aromatic heterocycles. The molecule has 1 aliphatic carbocycles. The molecule has 0 saturated carbocycles.